The molecule has 20 heavy (non-hydrogen) atoms. The number of H-pyrrole nitrogens is 1. The Kier molecular flexibility index (Phi) is 3.60. The van der Waals surface area contributed by atoms with E-state index in [9.17, 15) is 0 Å². The fourth-order valence-corrected chi connectivity index (χ4v) is 2.09. The maximum absolute atomic E-state index is 5.37. The van der Waals surface area contributed by atoms with E-state index in [4.69, 9.17) is 4.42 Å². The van der Waals surface area contributed by atoms with Crippen LogP contribution in [0.5, 0.6) is 0 Å². The third-order valence-electron chi connectivity index (χ3n) is 3.21. The molecule has 1 aromatic carbocycles. The van der Waals surface area contributed by atoms with Gasteiger partial charge in [-0.25, -0.2) is 0 Å². The van der Waals surface area contributed by atoms with Gasteiger partial charge in [0.1, 0.15) is 17.1 Å². The van der Waals surface area contributed by atoms with Gasteiger partial charge in [-0.2, -0.15) is 15.4 Å². The van der Waals surface area contributed by atoms with E-state index in [1.807, 2.05) is 42.5 Å². The molecule has 2 heterocycles. The van der Waals surface area contributed by atoms with E-state index in [0.29, 0.717) is 6.54 Å². The molecule has 102 valence electrons. The van der Waals surface area contributed by atoms with E-state index in [0.717, 1.165) is 22.7 Å². The average molecular weight is 268 g/mol. The maximum atomic E-state index is 5.37. The van der Waals surface area contributed by atoms with Crippen LogP contribution in [0.3, 0.4) is 0 Å². The second-order valence-electron chi connectivity index (χ2n) is 4.60. The van der Waals surface area contributed by atoms with Gasteiger partial charge in [0, 0.05) is 12.1 Å². The van der Waals surface area contributed by atoms with Crippen molar-refractivity contribution in [3.63, 3.8) is 0 Å². The van der Waals surface area contributed by atoms with Gasteiger partial charge in [-0.05, 0) is 19.1 Å². The average Bonchev–Trinajstić information content (AvgIpc) is 3.17. The van der Waals surface area contributed by atoms with E-state index >= 15 is 0 Å². The van der Waals surface area contributed by atoms with Crippen LogP contribution >= 0.6 is 0 Å². The van der Waals surface area contributed by atoms with Gasteiger partial charge in [0.15, 0.2) is 0 Å². The Morgan fingerprint density at radius 3 is 2.75 bits per heavy atom. The molecule has 0 aliphatic heterocycles. The van der Waals surface area contributed by atoms with Crippen molar-refractivity contribution in [1.82, 2.24) is 20.7 Å². The second-order valence-corrected chi connectivity index (χ2v) is 4.60. The first-order valence-corrected chi connectivity index (χ1v) is 6.56. The van der Waals surface area contributed by atoms with Crippen LogP contribution in [0, 0.1) is 0 Å². The van der Waals surface area contributed by atoms with Crippen LogP contribution in [-0.4, -0.2) is 15.4 Å². The van der Waals surface area contributed by atoms with Crippen LogP contribution in [0.1, 0.15) is 24.4 Å². The summed E-state index contributed by atoms with van der Waals surface area (Å²) in [5, 5.41) is 14.5. The number of rotatable bonds is 5. The van der Waals surface area contributed by atoms with Crippen molar-refractivity contribution in [2.24, 2.45) is 0 Å². The standard InChI is InChI=1S/C15H16N4O/c1-11(14-8-5-9-20-14)16-10-13-15(18-19-17-13)12-6-3-2-4-7-12/h2-9,11,16H,10H2,1H3,(H,17,18,19). The molecule has 0 radical (unpaired) electrons. The minimum absolute atomic E-state index is 0.130. The van der Waals surface area contributed by atoms with Gasteiger partial charge >= 0.3 is 0 Å². The zero-order valence-electron chi connectivity index (χ0n) is 11.2. The third kappa shape index (κ3) is 2.62. The fourth-order valence-electron chi connectivity index (χ4n) is 2.09. The summed E-state index contributed by atoms with van der Waals surface area (Å²) in [7, 11) is 0. The molecule has 0 saturated carbocycles. The fraction of sp³-hybridized carbons (Fsp3) is 0.200. The monoisotopic (exact) mass is 268 g/mol. The highest BCUT2D eigenvalue weighted by molar-refractivity contribution is 5.60. The van der Waals surface area contributed by atoms with Gasteiger partial charge in [-0.3, -0.25) is 0 Å². The van der Waals surface area contributed by atoms with Crippen LogP contribution in [0.15, 0.2) is 53.1 Å². The van der Waals surface area contributed by atoms with Crippen LogP contribution < -0.4 is 5.32 Å². The van der Waals surface area contributed by atoms with Crippen molar-refractivity contribution in [2.45, 2.75) is 19.5 Å². The topological polar surface area (TPSA) is 66.7 Å². The normalized spacial score (nSPS) is 12.4. The highest BCUT2D eigenvalue weighted by atomic mass is 16.3. The van der Waals surface area contributed by atoms with E-state index < -0.39 is 0 Å². The first-order valence-electron chi connectivity index (χ1n) is 6.56. The van der Waals surface area contributed by atoms with Gasteiger partial charge in [0.05, 0.1) is 12.3 Å². The Bertz CT molecular complexity index is 646. The van der Waals surface area contributed by atoms with Crippen molar-refractivity contribution in [3.05, 3.63) is 60.2 Å². The molecule has 2 N–H and O–H groups in total. The minimum atomic E-state index is 0.130. The lowest BCUT2D eigenvalue weighted by Crippen LogP contribution is -2.18. The lowest BCUT2D eigenvalue weighted by molar-refractivity contribution is 0.429. The summed E-state index contributed by atoms with van der Waals surface area (Å²) in [6, 6.07) is 14.0. The zero-order chi connectivity index (χ0) is 13.8. The van der Waals surface area contributed by atoms with Gasteiger partial charge in [-0.1, -0.05) is 30.3 Å². The summed E-state index contributed by atoms with van der Waals surface area (Å²) in [6.07, 6.45) is 1.68. The molecular weight excluding hydrogens is 252 g/mol. The SMILES string of the molecule is CC(NCc1n[nH]nc1-c1ccccc1)c1ccco1. The Balaban J connectivity index is 1.72. The van der Waals surface area contributed by atoms with Crippen LogP contribution in [0.25, 0.3) is 11.3 Å². The van der Waals surface area contributed by atoms with Crippen LogP contribution in [-0.2, 0) is 6.54 Å². The van der Waals surface area contributed by atoms with Crippen molar-refractivity contribution < 1.29 is 4.42 Å². The van der Waals surface area contributed by atoms with E-state index in [1.165, 1.54) is 0 Å². The second kappa shape index (κ2) is 5.71. The van der Waals surface area contributed by atoms with Crippen LogP contribution in [0.4, 0.5) is 0 Å². The summed E-state index contributed by atoms with van der Waals surface area (Å²) in [5.74, 6) is 0.912. The van der Waals surface area contributed by atoms with E-state index in [1.54, 1.807) is 6.26 Å². The molecule has 0 aliphatic rings. The number of aromatic nitrogens is 3. The minimum Gasteiger partial charge on any atom is -0.468 e. The van der Waals surface area contributed by atoms with Crippen molar-refractivity contribution >= 4 is 0 Å². The zero-order valence-corrected chi connectivity index (χ0v) is 11.2. The summed E-state index contributed by atoms with van der Waals surface area (Å²) >= 11 is 0. The lowest BCUT2D eigenvalue weighted by Gasteiger charge is -2.10. The number of aromatic amines is 1. The number of nitrogens with zero attached hydrogens (tertiary/aromatic N) is 2. The number of hydrogen-bond donors (Lipinski definition) is 2. The van der Waals surface area contributed by atoms with Gasteiger partial charge in [0.25, 0.3) is 0 Å². The van der Waals surface area contributed by atoms with Crippen molar-refractivity contribution in [1.29, 1.82) is 0 Å². The van der Waals surface area contributed by atoms with Gasteiger partial charge in [0.2, 0.25) is 0 Å². The smallest absolute Gasteiger partial charge is 0.120 e. The predicted octanol–water partition coefficient (Wildman–Crippen LogP) is 2.92. The highest BCUT2D eigenvalue weighted by Gasteiger charge is 2.12. The first-order chi connectivity index (χ1) is 9.84. The molecule has 0 aliphatic carbocycles. The molecule has 0 amide bonds. The Hall–Kier alpha value is -2.40. The molecule has 0 saturated heterocycles. The molecule has 0 fully saturated rings. The Labute approximate surface area is 117 Å². The Morgan fingerprint density at radius 2 is 2.00 bits per heavy atom. The molecule has 5 heteroatoms. The van der Waals surface area contributed by atoms with Gasteiger partial charge < -0.3 is 9.73 Å². The van der Waals surface area contributed by atoms with E-state index in [2.05, 4.69) is 27.7 Å². The number of furan rings is 1. The van der Waals surface area contributed by atoms with Crippen molar-refractivity contribution in [2.75, 3.05) is 0 Å². The molecule has 3 rings (SSSR count). The number of benzene rings is 1. The molecular formula is C15H16N4O. The quantitative estimate of drug-likeness (QED) is 0.746. The lowest BCUT2D eigenvalue weighted by atomic mass is 10.1. The molecule has 3 aromatic rings. The number of hydrogen-bond acceptors (Lipinski definition) is 4. The van der Waals surface area contributed by atoms with Crippen molar-refractivity contribution in [3.8, 4) is 11.3 Å². The molecule has 1 atom stereocenters. The summed E-state index contributed by atoms with van der Waals surface area (Å²) in [4.78, 5) is 0. The summed E-state index contributed by atoms with van der Waals surface area (Å²) in [5.41, 5.74) is 2.84. The van der Waals surface area contributed by atoms with E-state index in [-0.39, 0.29) is 6.04 Å². The number of nitrogens with one attached hydrogen (secondary N) is 2. The molecule has 0 bridgehead atoms. The van der Waals surface area contributed by atoms with Gasteiger partial charge in [-0.15, -0.1) is 0 Å². The first kappa shape index (κ1) is 12.6. The molecule has 2 aromatic heterocycles. The molecule has 5 nitrogen and oxygen atoms in total. The van der Waals surface area contributed by atoms with Crippen LogP contribution in [0.2, 0.25) is 0 Å². The molecule has 1 unspecified atom stereocenters. The maximum Gasteiger partial charge on any atom is 0.120 e. The highest BCUT2D eigenvalue weighted by Crippen LogP contribution is 2.20. The third-order valence-corrected chi connectivity index (χ3v) is 3.21. The molecule has 0 spiro atoms. The largest absolute Gasteiger partial charge is 0.468 e. The Morgan fingerprint density at radius 1 is 1.15 bits per heavy atom. The summed E-state index contributed by atoms with van der Waals surface area (Å²) < 4.78 is 5.37. The predicted molar refractivity (Wildman–Crippen MR) is 75.8 cm³/mol. The summed E-state index contributed by atoms with van der Waals surface area (Å²) in [6.45, 7) is 2.68.